The van der Waals surface area contributed by atoms with E-state index in [-0.39, 0.29) is 11.8 Å². The van der Waals surface area contributed by atoms with Crippen molar-refractivity contribution in [2.24, 2.45) is 0 Å². The monoisotopic (exact) mass is 339 g/mol. The molecule has 0 saturated heterocycles. The van der Waals surface area contributed by atoms with Gasteiger partial charge in [0, 0.05) is 17.8 Å². The molecule has 0 spiro atoms. The molecule has 0 saturated carbocycles. The Bertz CT molecular complexity index is 1080. The van der Waals surface area contributed by atoms with E-state index in [9.17, 15) is 4.79 Å². The highest BCUT2D eigenvalue weighted by molar-refractivity contribution is 5.96. The first kappa shape index (κ1) is 15.0. The Balaban J connectivity index is 1.32. The smallest absolute Gasteiger partial charge is 0.287 e. The highest BCUT2D eigenvalue weighted by Gasteiger charge is 2.35. The summed E-state index contributed by atoms with van der Waals surface area (Å²) in [4.78, 5) is 12.4. The fourth-order valence-corrected chi connectivity index (χ4v) is 3.63. The standard InChI is InChI=1S/C23H17NO2/c25-23(21-13-16-9-4-5-12-20(16)26-21)24-14-19-18-11-6-10-17(22(18)19)15-7-2-1-3-8-15/h1-13,19H,14H2,(H,24,25). The quantitative estimate of drug-likeness (QED) is 0.570. The second kappa shape index (κ2) is 5.88. The first-order valence-electron chi connectivity index (χ1n) is 8.76. The summed E-state index contributed by atoms with van der Waals surface area (Å²) in [5.41, 5.74) is 5.86. The number of furan rings is 1. The van der Waals surface area contributed by atoms with Gasteiger partial charge in [0.25, 0.3) is 5.91 Å². The summed E-state index contributed by atoms with van der Waals surface area (Å²) in [5, 5.41) is 3.96. The maximum atomic E-state index is 12.4. The van der Waals surface area contributed by atoms with Crippen molar-refractivity contribution in [2.75, 3.05) is 6.54 Å². The van der Waals surface area contributed by atoms with E-state index in [0.29, 0.717) is 12.3 Å². The van der Waals surface area contributed by atoms with Crippen molar-refractivity contribution >= 4 is 16.9 Å². The minimum atomic E-state index is -0.166. The fourth-order valence-electron chi connectivity index (χ4n) is 3.63. The van der Waals surface area contributed by atoms with Crippen molar-refractivity contribution in [1.82, 2.24) is 5.32 Å². The number of hydrogen-bond donors (Lipinski definition) is 1. The van der Waals surface area contributed by atoms with E-state index in [2.05, 4.69) is 47.8 Å². The third-order valence-corrected chi connectivity index (χ3v) is 4.98. The summed E-state index contributed by atoms with van der Waals surface area (Å²) < 4.78 is 5.64. The molecule has 1 N–H and O–H groups in total. The van der Waals surface area contributed by atoms with Crippen LogP contribution in [0.15, 0.2) is 83.3 Å². The number of carbonyl (C=O) groups is 1. The lowest BCUT2D eigenvalue weighted by molar-refractivity contribution is 0.0928. The predicted molar refractivity (Wildman–Crippen MR) is 102 cm³/mol. The van der Waals surface area contributed by atoms with E-state index in [1.165, 1.54) is 22.3 Å². The Morgan fingerprint density at radius 2 is 1.73 bits per heavy atom. The lowest BCUT2D eigenvalue weighted by Crippen LogP contribution is -2.24. The van der Waals surface area contributed by atoms with Gasteiger partial charge in [0.2, 0.25) is 0 Å². The zero-order chi connectivity index (χ0) is 17.5. The molecule has 4 aromatic rings. The first-order valence-corrected chi connectivity index (χ1v) is 8.76. The average molecular weight is 339 g/mol. The van der Waals surface area contributed by atoms with Gasteiger partial charge >= 0.3 is 0 Å². The number of amides is 1. The third-order valence-electron chi connectivity index (χ3n) is 4.98. The summed E-state index contributed by atoms with van der Waals surface area (Å²) >= 11 is 0. The van der Waals surface area contributed by atoms with E-state index in [1.54, 1.807) is 6.07 Å². The van der Waals surface area contributed by atoms with Crippen LogP contribution in [0.5, 0.6) is 0 Å². The van der Waals surface area contributed by atoms with Crippen LogP contribution in [0.2, 0.25) is 0 Å². The second-order valence-electron chi connectivity index (χ2n) is 6.59. The SMILES string of the molecule is O=C(NCC1c2cccc(-c3ccccc3)c21)c1cc2ccccc2o1. The molecular formula is C23H17NO2. The number of benzene rings is 3. The molecule has 26 heavy (non-hydrogen) atoms. The number of hydrogen-bond acceptors (Lipinski definition) is 2. The van der Waals surface area contributed by atoms with Crippen molar-refractivity contribution in [3.63, 3.8) is 0 Å². The van der Waals surface area contributed by atoms with Crippen LogP contribution in [-0.2, 0) is 0 Å². The van der Waals surface area contributed by atoms with Crippen molar-refractivity contribution in [3.05, 3.63) is 95.7 Å². The zero-order valence-corrected chi connectivity index (χ0v) is 14.1. The van der Waals surface area contributed by atoms with E-state index >= 15 is 0 Å². The van der Waals surface area contributed by atoms with Gasteiger partial charge in [-0.1, -0.05) is 66.7 Å². The van der Waals surface area contributed by atoms with E-state index in [1.807, 2.05) is 30.3 Å². The molecule has 5 rings (SSSR count). The molecule has 1 aromatic heterocycles. The zero-order valence-electron chi connectivity index (χ0n) is 14.1. The van der Waals surface area contributed by atoms with Crippen molar-refractivity contribution in [1.29, 1.82) is 0 Å². The van der Waals surface area contributed by atoms with Crippen LogP contribution in [0, 0.1) is 0 Å². The lowest BCUT2D eigenvalue weighted by Gasteiger charge is -2.03. The Labute approximate surface area is 151 Å². The summed E-state index contributed by atoms with van der Waals surface area (Å²) in [5.74, 6) is 0.480. The maximum Gasteiger partial charge on any atom is 0.287 e. The molecule has 1 amide bonds. The molecule has 126 valence electrons. The normalized spacial score (nSPS) is 14.8. The Morgan fingerprint density at radius 1 is 0.923 bits per heavy atom. The van der Waals surface area contributed by atoms with Crippen LogP contribution in [0.1, 0.15) is 27.6 Å². The number of fused-ring (bicyclic) bond motifs is 2. The lowest BCUT2D eigenvalue weighted by atomic mass is 10.0. The molecule has 1 heterocycles. The predicted octanol–water partition coefficient (Wildman–Crippen LogP) is 4.98. The second-order valence-corrected chi connectivity index (χ2v) is 6.59. The molecule has 1 atom stereocenters. The maximum absolute atomic E-state index is 12.4. The van der Waals surface area contributed by atoms with Crippen molar-refractivity contribution < 1.29 is 9.21 Å². The molecule has 0 fully saturated rings. The Hall–Kier alpha value is -3.33. The van der Waals surface area contributed by atoms with Gasteiger partial charge in [-0.25, -0.2) is 0 Å². The summed E-state index contributed by atoms with van der Waals surface area (Å²) in [6.07, 6.45) is 0. The first-order chi connectivity index (χ1) is 12.8. The largest absolute Gasteiger partial charge is 0.451 e. The number of rotatable bonds is 4. The van der Waals surface area contributed by atoms with Gasteiger partial charge in [-0.3, -0.25) is 4.79 Å². The molecule has 1 aliphatic carbocycles. The minimum absolute atomic E-state index is 0.166. The van der Waals surface area contributed by atoms with Gasteiger partial charge in [-0.2, -0.15) is 0 Å². The van der Waals surface area contributed by atoms with Gasteiger partial charge in [0.05, 0.1) is 0 Å². The van der Waals surface area contributed by atoms with Crippen LogP contribution in [0.4, 0.5) is 0 Å². The molecule has 0 radical (unpaired) electrons. The van der Waals surface area contributed by atoms with Crippen LogP contribution in [-0.4, -0.2) is 12.5 Å². The van der Waals surface area contributed by atoms with Crippen LogP contribution in [0.25, 0.3) is 22.1 Å². The molecule has 3 heteroatoms. The molecule has 1 unspecified atom stereocenters. The van der Waals surface area contributed by atoms with Crippen molar-refractivity contribution in [3.8, 4) is 11.1 Å². The topological polar surface area (TPSA) is 42.2 Å². The third kappa shape index (κ3) is 2.49. The minimum Gasteiger partial charge on any atom is -0.451 e. The van der Waals surface area contributed by atoms with Gasteiger partial charge in [-0.05, 0) is 34.4 Å². The van der Waals surface area contributed by atoms with Gasteiger partial charge in [-0.15, -0.1) is 0 Å². The Kier molecular flexibility index (Phi) is 3.39. The number of nitrogens with one attached hydrogen (secondary N) is 1. The highest BCUT2D eigenvalue weighted by Crippen LogP contribution is 2.48. The van der Waals surface area contributed by atoms with Gasteiger partial charge in [0.15, 0.2) is 5.76 Å². The van der Waals surface area contributed by atoms with Crippen LogP contribution < -0.4 is 5.32 Å². The highest BCUT2D eigenvalue weighted by atomic mass is 16.3. The van der Waals surface area contributed by atoms with Crippen molar-refractivity contribution in [2.45, 2.75) is 5.92 Å². The number of carbonyl (C=O) groups excluding carboxylic acids is 1. The van der Waals surface area contributed by atoms with E-state index in [4.69, 9.17) is 4.42 Å². The average Bonchev–Trinajstić information content (AvgIpc) is 3.23. The van der Waals surface area contributed by atoms with Crippen LogP contribution in [0.3, 0.4) is 0 Å². The molecule has 1 aliphatic rings. The summed E-state index contributed by atoms with van der Waals surface area (Å²) in [7, 11) is 0. The van der Waals surface area contributed by atoms with Gasteiger partial charge in [0.1, 0.15) is 5.58 Å². The van der Waals surface area contributed by atoms with Gasteiger partial charge < -0.3 is 9.73 Å². The van der Waals surface area contributed by atoms with E-state index in [0.717, 1.165) is 11.0 Å². The summed E-state index contributed by atoms with van der Waals surface area (Å²) in [6, 6.07) is 26.2. The molecular weight excluding hydrogens is 322 g/mol. The molecule has 3 nitrogen and oxygen atoms in total. The number of para-hydroxylation sites is 1. The Morgan fingerprint density at radius 3 is 2.58 bits per heavy atom. The van der Waals surface area contributed by atoms with E-state index < -0.39 is 0 Å². The molecule has 3 aromatic carbocycles. The molecule has 0 bridgehead atoms. The molecule has 0 aliphatic heterocycles. The fraction of sp³-hybridized carbons (Fsp3) is 0.0870. The summed E-state index contributed by atoms with van der Waals surface area (Å²) in [6.45, 7) is 0.592. The van der Waals surface area contributed by atoms with Crippen LogP contribution >= 0.6 is 0 Å².